The molecule has 1 saturated heterocycles. The van der Waals surface area contributed by atoms with E-state index in [1.807, 2.05) is 4.90 Å². The predicted octanol–water partition coefficient (Wildman–Crippen LogP) is 1.60. The van der Waals surface area contributed by atoms with Crippen LogP contribution in [0.1, 0.15) is 16.7 Å². The number of aryl methyl sites for hydroxylation is 2. The minimum Gasteiger partial charge on any atom is -0.496 e. The molecule has 122 valence electrons. The molecule has 1 fully saturated rings. The molecular formula is C17H26N2O3. The molecule has 22 heavy (non-hydrogen) atoms. The highest BCUT2D eigenvalue weighted by Crippen LogP contribution is 2.25. The Labute approximate surface area is 132 Å². The molecule has 0 spiro atoms. The van der Waals surface area contributed by atoms with Gasteiger partial charge in [-0.1, -0.05) is 12.1 Å². The van der Waals surface area contributed by atoms with E-state index in [4.69, 9.17) is 9.47 Å². The molecule has 0 atom stereocenters. The lowest BCUT2D eigenvalue weighted by Gasteiger charge is -2.34. The van der Waals surface area contributed by atoms with E-state index in [9.17, 15) is 4.79 Å². The number of amides is 1. The maximum absolute atomic E-state index is 11.8. The number of methoxy groups -OCH3 is 2. The second-order valence-electron chi connectivity index (χ2n) is 5.85. The normalized spacial score (nSPS) is 15.9. The summed E-state index contributed by atoms with van der Waals surface area (Å²) in [5.74, 6) is 1.05. The first kappa shape index (κ1) is 16.8. The van der Waals surface area contributed by atoms with Crippen LogP contribution in [0.25, 0.3) is 0 Å². The van der Waals surface area contributed by atoms with Crippen molar-refractivity contribution in [3.05, 3.63) is 28.8 Å². The molecule has 2 rings (SSSR count). The summed E-state index contributed by atoms with van der Waals surface area (Å²) in [7, 11) is 3.27. The van der Waals surface area contributed by atoms with Crippen molar-refractivity contribution in [1.29, 1.82) is 0 Å². The lowest BCUT2D eigenvalue weighted by molar-refractivity contribution is -0.136. The van der Waals surface area contributed by atoms with Crippen molar-refractivity contribution in [1.82, 2.24) is 9.80 Å². The Morgan fingerprint density at radius 1 is 1.09 bits per heavy atom. The number of rotatable bonds is 5. The molecule has 0 radical (unpaired) electrons. The largest absolute Gasteiger partial charge is 0.496 e. The van der Waals surface area contributed by atoms with Crippen LogP contribution in [-0.2, 0) is 16.1 Å². The molecule has 5 heteroatoms. The Hall–Kier alpha value is -1.59. The van der Waals surface area contributed by atoms with Gasteiger partial charge in [-0.2, -0.15) is 0 Å². The van der Waals surface area contributed by atoms with Gasteiger partial charge in [0.05, 0.1) is 7.11 Å². The third kappa shape index (κ3) is 3.99. The van der Waals surface area contributed by atoms with Crippen molar-refractivity contribution < 1.29 is 14.3 Å². The van der Waals surface area contributed by atoms with Crippen molar-refractivity contribution in [3.63, 3.8) is 0 Å². The molecular weight excluding hydrogens is 280 g/mol. The molecule has 1 aromatic rings. The zero-order valence-corrected chi connectivity index (χ0v) is 14.0. The first-order valence-electron chi connectivity index (χ1n) is 7.68. The molecule has 1 amide bonds. The van der Waals surface area contributed by atoms with Gasteiger partial charge in [0, 0.05) is 39.8 Å². The summed E-state index contributed by atoms with van der Waals surface area (Å²) >= 11 is 0. The molecule has 0 unspecified atom stereocenters. The van der Waals surface area contributed by atoms with Gasteiger partial charge < -0.3 is 14.4 Å². The van der Waals surface area contributed by atoms with E-state index >= 15 is 0 Å². The zero-order valence-electron chi connectivity index (χ0n) is 14.0. The number of hydrogen-bond acceptors (Lipinski definition) is 4. The van der Waals surface area contributed by atoms with Crippen molar-refractivity contribution in [2.45, 2.75) is 20.4 Å². The highest BCUT2D eigenvalue weighted by atomic mass is 16.5. The van der Waals surface area contributed by atoms with Gasteiger partial charge in [-0.3, -0.25) is 9.69 Å². The summed E-state index contributed by atoms with van der Waals surface area (Å²) in [5, 5.41) is 0. The number of carbonyl (C=O) groups excluding carboxylic acids is 1. The first-order valence-corrected chi connectivity index (χ1v) is 7.68. The summed E-state index contributed by atoms with van der Waals surface area (Å²) in [6.45, 7) is 8.61. The molecule has 1 aliphatic rings. The van der Waals surface area contributed by atoms with Crippen LogP contribution in [0, 0.1) is 13.8 Å². The van der Waals surface area contributed by atoms with Gasteiger partial charge in [-0.15, -0.1) is 0 Å². The number of hydrogen-bond donors (Lipinski definition) is 0. The van der Waals surface area contributed by atoms with Crippen molar-refractivity contribution in [3.8, 4) is 5.75 Å². The van der Waals surface area contributed by atoms with E-state index in [1.165, 1.54) is 16.7 Å². The van der Waals surface area contributed by atoms with Gasteiger partial charge in [0.15, 0.2) is 0 Å². The molecule has 1 heterocycles. The third-order valence-electron chi connectivity index (χ3n) is 4.12. The monoisotopic (exact) mass is 306 g/mol. The van der Waals surface area contributed by atoms with Crippen LogP contribution in [0.3, 0.4) is 0 Å². The maximum atomic E-state index is 11.8. The molecule has 1 aliphatic heterocycles. The second-order valence-corrected chi connectivity index (χ2v) is 5.85. The van der Waals surface area contributed by atoms with Crippen LogP contribution in [0.15, 0.2) is 12.1 Å². The molecule has 0 bridgehead atoms. The molecule has 1 aromatic carbocycles. The van der Waals surface area contributed by atoms with Gasteiger partial charge in [0.1, 0.15) is 12.4 Å². The van der Waals surface area contributed by atoms with Crippen molar-refractivity contribution in [2.24, 2.45) is 0 Å². The van der Waals surface area contributed by atoms with Gasteiger partial charge in [0.25, 0.3) is 0 Å². The topological polar surface area (TPSA) is 42.0 Å². The maximum Gasteiger partial charge on any atom is 0.248 e. The van der Waals surface area contributed by atoms with E-state index < -0.39 is 0 Å². The lowest BCUT2D eigenvalue weighted by atomic mass is 10.0. The summed E-state index contributed by atoms with van der Waals surface area (Å²) in [4.78, 5) is 16.1. The highest BCUT2D eigenvalue weighted by molar-refractivity contribution is 5.77. The smallest absolute Gasteiger partial charge is 0.248 e. The Morgan fingerprint density at radius 3 is 2.18 bits per heavy atom. The SMILES string of the molecule is COCC(=O)N1CCN(Cc2cc(C)c(OC)c(C)c2)CC1. The summed E-state index contributed by atoms with van der Waals surface area (Å²) in [6, 6.07) is 4.38. The quantitative estimate of drug-likeness (QED) is 0.829. The zero-order chi connectivity index (χ0) is 16.1. The van der Waals surface area contributed by atoms with Crippen LogP contribution in [0.4, 0.5) is 0 Å². The van der Waals surface area contributed by atoms with E-state index in [0.717, 1.165) is 38.5 Å². The van der Waals surface area contributed by atoms with E-state index in [0.29, 0.717) is 0 Å². The van der Waals surface area contributed by atoms with E-state index in [1.54, 1.807) is 14.2 Å². The fraction of sp³-hybridized carbons (Fsp3) is 0.588. The minimum absolute atomic E-state index is 0.0817. The molecule has 5 nitrogen and oxygen atoms in total. The predicted molar refractivity (Wildman–Crippen MR) is 86.2 cm³/mol. The average molecular weight is 306 g/mol. The molecule has 0 aliphatic carbocycles. The van der Waals surface area contributed by atoms with Crippen LogP contribution in [0.5, 0.6) is 5.75 Å². The van der Waals surface area contributed by atoms with Crippen LogP contribution in [0.2, 0.25) is 0 Å². The molecule has 0 saturated carbocycles. The summed E-state index contributed by atoms with van der Waals surface area (Å²) in [5.41, 5.74) is 3.64. The standard InChI is InChI=1S/C17H26N2O3/c1-13-9-15(10-14(2)17(13)22-4)11-18-5-7-19(8-6-18)16(20)12-21-3/h9-10H,5-8,11-12H2,1-4H3. The van der Waals surface area contributed by atoms with Crippen LogP contribution in [-0.4, -0.2) is 62.7 Å². The van der Waals surface area contributed by atoms with Gasteiger partial charge in [0.2, 0.25) is 5.91 Å². The van der Waals surface area contributed by atoms with Crippen molar-refractivity contribution in [2.75, 3.05) is 47.0 Å². The number of nitrogens with zero attached hydrogens (tertiary/aromatic N) is 2. The minimum atomic E-state index is 0.0817. The van der Waals surface area contributed by atoms with Gasteiger partial charge >= 0.3 is 0 Å². The summed E-state index contributed by atoms with van der Waals surface area (Å²) < 4.78 is 10.3. The van der Waals surface area contributed by atoms with Crippen LogP contribution >= 0.6 is 0 Å². The molecule has 0 aromatic heterocycles. The number of ether oxygens (including phenoxy) is 2. The first-order chi connectivity index (χ1) is 10.5. The Morgan fingerprint density at radius 2 is 1.68 bits per heavy atom. The lowest BCUT2D eigenvalue weighted by Crippen LogP contribution is -2.49. The van der Waals surface area contributed by atoms with Gasteiger partial charge in [-0.25, -0.2) is 0 Å². The Kier molecular flexibility index (Phi) is 5.80. The Balaban J connectivity index is 1.92. The number of benzene rings is 1. The molecule has 0 N–H and O–H groups in total. The van der Waals surface area contributed by atoms with Gasteiger partial charge in [-0.05, 0) is 30.5 Å². The fourth-order valence-electron chi connectivity index (χ4n) is 3.08. The van der Waals surface area contributed by atoms with Crippen molar-refractivity contribution >= 4 is 5.91 Å². The summed E-state index contributed by atoms with van der Waals surface area (Å²) in [6.07, 6.45) is 0. The average Bonchev–Trinajstić information content (AvgIpc) is 2.48. The second kappa shape index (κ2) is 7.61. The Bertz CT molecular complexity index is 500. The number of piperazine rings is 1. The highest BCUT2D eigenvalue weighted by Gasteiger charge is 2.21. The van der Waals surface area contributed by atoms with E-state index in [2.05, 4.69) is 30.9 Å². The van der Waals surface area contributed by atoms with Crippen LogP contribution < -0.4 is 4.74 Å². The number of carbonyl (C=O) groups is 1. The van der Waals surface area contributed by atoms with E-state index in [-0.39, 0.29) is 12.5 Å². The third-order valence-corrected chi connectivity index (χ3v) is 4.12. The fourth-order valence-corrected chi connectivity index (χ4v) is 3.08.